The maximum atomic E-state index is 7.15. The van der Waals surface area contributed by atoms with Crippen LogP contribution in [0.5, 0.6) is 11.5 Å². The Balaban J connectivity index is 1.00. The molecule has 3 heterocycles. The molecule has 0 radical (unpaired) electrons. The molecule has 14 rings (SSSR count). The van der Waals surface area contributed by atoms with Gasteiger partial charge in [-0.3, -0.25) is 0 Å². The summed E-state index contributed by atoms with van der Waals surface area (Å²) in [6.07, 6.45) is 0. The van der Waals surface area contributed by atoms with E-state index in [9.17, 15) is 0 Å². The first-order chi connectivity index (χ1) is 33.1. The van der Waals surface area contributed by atoms with E-state index >= 15 is 0 Å². The lowest BCUT2D eigenvalue weighted by Gasteiger charge is -2.30. The van der Waals surface area contributed by atoms with Gasteiger partial charge in [0.1, 0.15) is 22.7 Å². The molecule has 11 aromatic carbocycles. The van der Waals surface area contributed by atoms with Crippen molar-refractivity contribution in [1.29, 1.82) is 0 Å². The largest absolute Gasteiger partial charge is 0.456 e. The average Bonchev–Trinajstić information content (AvgIpc) is 3.95. The highest BCUT2D eigenvalue weighted by molar-refractivity contribution is 6.26. The van der Waals surface area contributed by atoms with Crippen molar-refractivity contribution >= 4 is 110 Å². The van der Waals surface area contributed by atoms with Gasteiger partial charge in [0.15, 0.2) is 11.2 Å². The van der Waals surface area contributed by atoms with Crippen molar-refractivity contribution in [2.45, 2.75) is 13.8 Å². The number of furan rings is 2. The van der Waals surface area contributed by atoms with E-state index in [-0.39, 0.29) is 0 Å². The molecule has 13 aromatic rings. The molecule has 0 aliphatic carbocycles. The Morgan fingerprint density at radius 1 is 0.343 bits per heavy atom. The molecule has 1 aliphatic rings. The summed E-state index contributed by atoms with van der Waals surface area (Å²) in [6, 6.07) is 73.4. The van der Waals surface area contributed by atoms with E-state index < -0.39 is 0 Å². The number of anilines is 6. The summed E-state index contributed by atoms with van der Waals surface area (Å²) >= 11 is 0. The number of benzene rings is 11. The van der Waals surface area contributed by atoms with Crippen LogP contribution in [0.1, 0.15) is 11.1 Å². The van der Waals surface area contributed by atoms with E-state index in [2.05, 4.69) is 212 Å². The summed E-state index contributed by atoms with van der Waals surface area (Å²) in [5.41, 5.74) is 14.0. The van der Waals surface area contributed by atoms with Crippen LogP contribution in [-0.4, -0.2) is 0 Å². The third-order valence-corrected chi connectivity index (χ3v) is 13.8. The van der Waals surface area contributed by atoms with Gasteiger partial charge in [-0.05, 0) is 125 Å². The van der Waals surface area contributed by atoms with Crippen LogP contribution in [0.3, 0.4) is 0 Å². The second kappa shape index (κ2) is 14.4. The molecule has 0 N–H and O–H groups in total. The van der Waals surface area contributed by atoms with Crippen molar-refractivity contribution in [3.63, 3.8) is 0 Å². The first-order valence-corrected chi connectivity index (χ1v) is 22.8. The maximum Gasteiger partial charge on any atom is 0.159 e. The second-order valence-corrected chi connectivity index (χ2v) is 17.7. The fourth-order valence-electron chi connectivity index (χ4n) is 10.7. The zero-order valence-corrected chi connectivity index (χ0v) is 36.7. The van der Waals surface area contributed by atoms with Crippen LogP contribution in [-0.2, 0) is 0 Å². The molecule has 0 saturated heterocycles. The highest BCUT2D eigenvalue weighted by Gasteiger charge is 2.28. The summed E-state index contributed by atoms with van der Waals surface area (Å²) in [6.45, 7) is 4.33. The molecular formula is C62H40N2O3. The first kappa shape index (κ1) is 37.6. The smallest absolute Gasteiger partial charge is 0.159 e. The maximum absolute atomic E-state index is 7.15. The van der Waals surface area contributed by atoms with Crippen molar-refractivity contribution in [1.82, 2.24) is 0 Å². The zero-order valence-electron chi connectivity index (χ0n) is 36.7. The lowest BCUT2D eigenvalue weighted by molar-refractivity contribution is 0.483. The highest BCUT2D eigenvalue weighted by Crippen LogP contribution is 2.54. The lowest BCUT2D eigenvalue weighted by atomic mass is 9.87. The number of hydrogen-bond donors (Lipinski definition) is 0. The van der Waals surface area contributed by atoms with Crippen molar-refractivity contribution in [2.24, 2.45) is 0 Å². The van der Waals surface area contributed by atoms with E-state index in [1.165, 1.54) is 16.3 Å². The van der Waals surface area contributed by atoms with Crippen LogP contribution in [0.15, 0.2) is 215 Å². The Bertz CT molecular complexity index is 4170. The normalized spacial score (nSPS) is 12.1. The Labute approximate surface area is 385 Å². The molecule has 5 heteroatoms. The van der Waals surface area contributed by atoms with Crippen LogP contribution in [0.4, 0.5) is 34.1 Å². The number of aryl methyl sites for hydroxylation is 2. The topological polar surface area (TPSA) is 42.0 Å². The summed E-state index contributed by atoms with van der Waals surface area (Å²) in [5, 5.41) is 11.3. The minimum absolute atomic E-state index is 0.809. The van der Waals surface area contributed by atoms with Crippen LogP contribution in [0.2, 0.25) is 0 Å². The SMILES string of the molecule is Cc1ccc2c(c1)c(N(c1ccccc1)c1cccc3c1oc1ccccc13)cc1c3ccc(C)c4c3c(cc21)-c1ccc(N(c2ccccc2)c2cccc3c2oc2ccccc23)cc1O4. The number of para-hydroxylation sites is 6. The Morgan fingerprint density at radius 3 is 1.61 bits per heavy atom. The Morgan fingerprint density at radius 2 is 0.925 bits per heavy atom. The van der Waals surface area contributed by atoms with Crippen molar-refractivity contribution in [3.8, 4) is 22.6 Å². The van der Waals surface area contributed by atoms with Gasteiger partial charge < -0.3 is 23.4 Å². The minimum Gasteiger partial charge on any atom is -0.456 e. The third kappa shape index (κ3) is 5.61. The molecule has 316 valence electrons. The third-order valence-electron chi connectivity index (χ3n) is 13.8. The standard InChI is InChI=1S/C62H40N2O3/c1-37-27-30-42-49-35-52-45-32-29-41(63(39-15-5-3-6-16-39)53-23-13-21-47-43-19-9-11-25-56(43)65-61(47)53)34-58(45)67-60-38(2)28-31-46(59(52)60)50(49)36-55(51(42)33-37)64(40-17-7-4-8-18-40)54-24-14-22-48-44-20-10-12-26-57(44)66-62(48)54/h3-36H,1-2H3. The van der Waals surface area contributed by atoms with Crippen molar-refractivity contribution < 1.29 is 13.6 Å². The van der Waals surface area contributed by atoms with E-state index in [1.54, 1.807) is 0 Å². The van der Waals surface area contributed by atoms with Gasteiger partial charge in [0, 0.05) is 55.3 Å². The number of fused-ring (bicyclic) bond motifs is 12. The Kier molecular flexibility index (Phi) is 8.05. The van der Waals surface area contributed by atoms with Crippen molar-refractivity contribution in [2.75, 3.05) is 9.80 Å². The molecule has 0 fully saturated rings. The average molecular weight is 861 g/mol. The van der Waals surface area contributed by atoms with Crippen LogP contribution < -0.4 is 14.5 Å². The molecule has 0 unspecified atom stereocenters. The highest BCUT2D eigenvalue weighted by atomic mass is 16.5. The summed E-state index contributed by atoms with van der Waals surface area (Å²) < 4.78 is 20.5. The molecule has 5 nitrogen and oxygen atoms in total. The monoisotopic (exact) mass is 860 g/mol. The van der Waals surface area contributed by atoms with Crippen molar-refractivity contribution in [3.05, 3.63) is 217 Å². The fourth-order valence-corrected chi connectivity index (χ4v) is 10.7. The predicted molar refractivity (Wildman–Crippen MR) is 278 cm³/mol. The van der Waals surface area contributed by atoms with Gasteiger partial charge in [0.25, 0.3) is 0 Å². The van der Waals surface area contributed by atoms with E-state index in [4.69, 9.17) is 13.6 Å². The summed E-state index contributed by atoms with van der Waals surface area (Å²) in [7, 11) is 0. The van der Waals surface area contributed by atoms with Gasteiger partial charge in [-0.1, -0.05) is 127 Å². The molecular weight excluding hydrogens is 821 g/mol. The number of rotatable bonds is 6. The van der Waals surface area contributed by atoms with Gasteiger partial charge in [-0.25, -0.2) is 0 Å². The molecule has 0 saturated carbocycles. The van der Waals surface area contributed by atoms with Gasteiger partial charge >= 0.3 is 0 Å². The summed E-state index contributed by atoms with van der Waals surface area (Å²) in [4.78, 5) is 4.66. The lowest BCUT2D eigenvalue weighted by Crippen LogP contribution is -2.11. The molecule has 0 spiro atoms. The molecule has 0 atom stereocenters. The second-order valence-electron chi connectivity index (χ2n) is 17.7. The predicted octanol–water partition coefficient (Wildman–Crippen LogP) is 18.3. The molecule has 2 aromatic heterocycles. The van der Waals surface area contributed by atoms with Gasteiger partial charge in [0.05, 0.1) is 22.7 Å². The van der Waals surface area contributed by atoms with E-state index in [0.717, 1.165) is 128 Å². The molecule has 1 aliphatic heterocycles. The first-order valence-electron chi connectivity index (χ1n) is 22.8. The zero-order chi connectivity index (χ0) is 44.3. The minimum atomic E-state index is 0.809. The number of nitrogens with zero attached hydrogens (tertiary/aromatic N) is 2. The molecule has 0 bridgehead atoms. The van der Waals surface area contributed by atoms with Gasteiger partial charge in [0.2, 0.25) is 0 Å². The quantitative estimate of drug-likeness (QED) is 0.156. The Hall–Kier alpha value is -8.80. The number of hydrogen-bond acceptors (Lipinski definition) is 5. The van der Waals surface area contributed by atoms with E-state index in [0.29, 0.717) is 0 Å². The van der Waals surface area contributed by atoms with Crippen LogP contribution in [0.25, 0.3) is 87.3 Å². The van der Waals surface area contributed by atoms with Crippen LogP contribution >= 0.6 is 0 Å². The van der Waals surface area contributed by atoms with E-state index in [1.807, 2.05) is 18.2 Å². The fraction of sp³-hybridized carbons (Fsp3) is 0.0323. The summed E-state index contributed by atoms with van der Waals surface area (Å²) in [5.74, 6) is 1.69. The number of ether oxygens (including phenoxy) is 1. The van der Waals surface area contributed by atoms with Crippen LogP contribution in [0, 0.1) is 13.8 Å². The van der Waals surface area contributed by atoms with Gasteiger partial charge in [-0.15, -0.1) is 0 Å². The molecule has 67 heavy (non-hydrogen) atoms. The molecule has 0 amide bonds. The van der Waals surface area contributed by atoms with Gasteiger partial charge in [-0.2, -0.15) is 0 Å².